The quantitative estimate of drug-likeness (QED) is 0.221. The molecule has 0 aliphatic heterocycles. The molecular weight excluding hydrogens is 493 g/mol. The number of nitrogens with one attached hydrogen (secondary N) is 1. The van der Waals surface area contributed by atoms with E-state index in [4.69, 9.17) is 10.7 Å². The number of thiazole rings is 1. The maximum Gasteiger partial charge on any atom is 0.416 e. The second-order valence-corrected chi connectivity index (χ2v) is 10.1. The second-order valence-electron chi connectivity index (χ2n) is 9.06. The fourth-order valence-corrected chi connectivity index (χ4v) is 5.16. The standard InChI is InChI=1S/C29H25F3N4S/c30-29(31,32)24-10-5-20(6-11-24)15-25(33)18-35-28-36-26(12-7-19-3-1-2-4-19)27(37-28)22-8-9-23-17-34-14-13-21(23)16-22/h1,3,5-6,8-11,13-14,16-17,19,25H,2,4,15,18,33H2,(H,35,36). The summed E-state index contributed by atoms with van der Waals surface area (Å²) in [5.74, 6) is 6.87. The van der Waals surface area contributed by atoms with E-state index in [0.29, 0.717) is 18.1 Å². The van der Waals surface area contributed by atoms with E-state index in [9.17, 15) is 13.2 Å². The van der Waals surface area contributed by atoms with Crippen molar-refractivity contribution in [3.63, 3.8) is 0 Å². The molecule has 0 amide bonds. The van der Waals surface area contributed by atoms with E-state index < -0.39 is 11.7 Å². The number of nitrogens with zero attached hydrogens (tertiary/aromatic N) is 2. The first-order valence-electron chi connectivity index (χ1n) is 12.0. The lowest BCUT2D eigenvalue weighted by Crippen LogP contribution is -2.31. The van der Waals surface area contributed by atoms with Crippen LogP contribution < -0.4 is 11.1 Å². The Morgan fingerprint density at radius 3 is 2.70 bits per heavy atom. The van der Waals surface area contributed by atoms with E-state index in [1.807, 2.05) is 18.3 Å². The molecule has 1 aliphatic rings. The Balaban J connectivity index is 1.33. The molecule has 0 saturated heterocycles. The number of hydrogen-bond acceptors (Lipinski definition) is 5. The Hall–Kier alpha value is -3.67. The molecule has 188 valence electrons. The van der Waals surface area contributed by atoms with Crippen molar-refractivity contribution in [3.8, 4) is 22.3 Å². The molecule has 0 radical (unpaired) electrons. The van der Waals surface area contributed by atoms with Gasteiger partial charge in [-0.1, -0.05) is 53.7 Å². The summed E-state index contributed by atoms with van der Waals surface area (Å²) in [5.41, 5.74) is 8.13. The molecule has 2 aromatic carbocycles. The first-order chi connectivity index (χ1) is 17.8. The molecule has 2 aromatic heterocycles. The molecular formula is C29H25F3N4S. The number of alkyl halides is 3. The fraction of sp³-hybridized carbons (Fsp3) is 0.241. The van der Waals surface area contributed by atoms with Gasteiger partial charge < -0.3 is 11.1 Å². The minimum Gasteiger partial charge on any atom is -0.360 e. The zero-order valence-corrected chi connectivity index (χ0v) is 20.7. The number of benzene rings is 2. The summed E-state index contributed by atoms with van der Waals surface area (Å²) >= 11 is 1.52. The van der Waals surface area contributed by atoms with Crippen LogP contribution in [-0.4, -0.2) is 22.6 Å². The van der Waals surface area contributed by atoms with Gasteiger partial charge in [0.2, 0.25) is 0 Å². The minimum atomic E-state index is -4.35. The van der Waals surface area contributed by atoms with Gasteiger partial charge in [-0.15, -0.1) is 0 Å². The highest BCUT2D eigenvalue weighted by Crippen LogP contribution is 2.35. The molecule has 2 unspecified atom stereocenters. The molecule has 0 bridgehead atoms. The molecule has 4 aromatic rings. The first kappa shape index (κ1) is 25.0. The third-order valence-corrected chi connectivity index (χ3v) is 7.28. The summed E-state index contributed by atoms with van der Waals surface area (Å²) in [5, 5.41) is 6.17. The molecule has 0 saturated carbocycles. The SMILES string of the molecule is NC(CNc1nc(C#CC2C=CCC2)c(-c2ccc3cnccc3c2)s1)Cc1ccc(C(F)(F)F)cc1. The molecule has 37 heavy (non-hydrogen) atoms. The lowest BCUT2D eigenvalue weighted by Gasteiger charge is -2.13. The molecule has 0 fully saturated rings. The lowest BCUT2D eigenvalue weighted by atomic mass is 10.0. The van der Waals surface area contributed by atoms with Crippen LogP contribution in [0.5, 0.6) is 0 Å². The van der Waals surface area contributed by atoms with Gasteiger partial charge in [-0.3, -0.25) is 4.98 Å². The van der Waals surface area contributed by atoms with Crippen LogP contribution in [0.2, 0.25) is 0 Å². The second kappa shape index (κ2) is 10.8. The molecule has 5 rings (SSSR count). The van der Waals surface area contributed by atoms with E-state index in [-0.39, 0.29) is 12.0 Å². The summed E-state index contributed by atoms with van der Waals surface area (Å²) in [6.07, 6.45) is 6.08. The van der Waals surface area contributed by atoms with Crippen molar-refractivity contribution in [2.24, 2.45) is 11.7 Å². The number of aromatic nitrogens is 2. The Labute approximate surface area is 217 Å². The van der Waals surface area contributed by atoms with Gasteiger partial charge in [0.05, 0.1) is 10.4 Å². The predicted octanol–water partition coefficient (Wildman–Crippen LogP) is 6.68. The smallest absolute Gasteiger partial charge is 0.360 e. The Morgan fingerprint density at radius 2 is 1.95 bits per heavy atom. The van der Waals surface area contributed by atoms with Crippen molar-refractivity contribution < 1.29 is 13.2 Å². The lowest BCUT2D eigenvalue weighted by molar-refractivity contribution is -0.137. The van der Waals surface area contributed by atoms with Crippen LogP contribution in [0.4, 0.5) is 18.3 Å². The third-order valence-electron chi connectivity index (χ3n) is 6.21. The number of anilines is 1. The van der Waals surface area contributed by atoms with Gasteiger partial charge in [0.15, 0.2) is 5.13 Å². The van der Waals surface area contributed by atoms with Crippen LogP contribution in [0.15, 0.2) is 73.1 Å². The van der Waals surface area contributed by atoms with Gasteiger partial charge in [0.1, 0.15) is 5.69 Å². The fourth-order valence-electron chi connectivity index (χ4n) is 4.24. The van der Waals surface area contributed by atoms with E-state index in [0.717, 1.165) is 57.4 Å². The van der Waals surface area contributed by atoms with Crippen molar-refractivity contribution in [3.05, 3.63) is 89.9 Å². The average molecular weight is 519 g/mol. The van der Waals surface area contributed by atoms with Crippen LogP contribution in [0.3, 0.4) is 0 Å². The molecule has 8 heteroatoms. The zero-order chi connectivity index (χ0) is 25.8. The molecule has 0 spiro atoms. The van der Waals surface area contributed by atoms with Crippen LogP contribution in [0, 0.1) is 17.8 Å². The summed E-state index contributed by atoms with van der Waals surface area (Å²) in [6.45, 7) is 0.426. The normalized spacial score (nSPS) is 15.9. The highest BCUT2D eigenvalue weighted by atomic mass is 32.1. The third kappa shape index (κ3) is 6.19. The number of fused-ring (bicyclic) bond motifs is 1. The first-order valence-corrected chi connectivity index (χ1v) is 12.9. The Bertz CT molecular complexity index is 1480. The summed E-state index contributed by atoms with van der Waals surface area (Å²) in [6, 6.07) is 13.0. The number of allylic oxidation sites excluding steroid dienone is 2. The topological polar surface area (TPSA) is 63.8 Å². The number of rotatable bonds is 6. The van der Waals surface area contributed by atoms with Crippen molar-refractivity contribution in [1.29, 1.82) is 0 Å². The maximum absolute atomic E-state index is 12.8. The Kier molecular flexibility index (Phi) is 7.26. The summed E-state index contributed by atoms with van der Waals surface area (Å²) < 4.78 is 38.4. The number of nitrogens with two attached hydrogens (primary N) is 1. The van der Waals surface area contributed by atoms with E-state index in [1.54, 1.807) is 6.20 Å². The molecule has 2 atom stereocenters. The van der Waals surface area contributed by atoms with Gasteiger partial charge in [0, 0.05) is 36.3 Å². The number of hydrogen-bond donors (Lipinski definition) is 2. The van der Waals surface area contributed by atoms with E-state index >= 15 is 0 Å². The van der Waals surface area contributed by atoms with Gasteiger partial charge in [0.25, 0.3) is 0 Å². The average Bonchev–Trinajstić information content (AvgIpc) is 3.56. The van der Waals surface area contributed by atoms with Crippen LogP contribution in [-0.2, 0) is 12.6 Å². The Morgan fingerprint density at radius 1 is 1.11 bits per heavy atom. The van der Waals surface area contributed by atoms with Crippen LogP contribution in [0.25, 0.3) is 21.2 Å². The molecule has 3 N–H and O–H groups in total. The largest absolute Gasteiger partial charge is 0.416 e. The molecule has 1 aliphatic carbocycles. The van der Waals surface area contributed by atoms with Crippen molar-refractivity contribution in [1.82, 2.24) is 9.97 Å². The van der Waals surface area contributed by atoms with Crippen molar-refractivity contribution >= 4 is 27.2 Å². The van der Waals surface area contributed by atoms with Crippen LogP contribution >= 0.6 is 11.3 Å². The van der Waals surface area contributed by atoms with Crippen molar-refractivity contribution in [2.45, 2.75) is 31.5 Å². The predicted molar refractivity (Wildman–Crippen MR) is 143 cm³/mol. The van der Waals surface area contributed by atoms with Crippen LogP contribution in [0.1, 0.15) is 29.7 Å². The van der Waals surface area contributed by atoms with Crippen molar-refractivity contribution in [2.75, 3.05) is 11.9 Å². The highest BCUT2D eigenvalue weighted by Gasteiger charge is 2.30. The number of pyridine rings is 1. The summed E-state index contributed by atoms with van der Waals surface area (Å²) in [7, 11) is 0. The molecule has 4 nitrogen and oxygen atoms in total. The maximum atomic E-state index is 12.8. The van der Waals surface area contributed by atoms with Gasteiger partial charge in [-0.25, -0.2) is 4.98 Å². The zero-order valence-electron chi connectivity index (χ0n) is 19.9. The van der Waals surface area contributed by atoms with Gasteiger partial charge in [-0.05, 0) is 66.0 Å². The van der Waals surface area contributed by atoms with E-state index in [1.165, 1.54) is 23.5 Å². The number of halogens is 3. The monoisotopic (exact) mass is 518 g/mol. The summed E-state index contributed by atoms with van der Waals surface area (Å²) in [4.78, 5) is 9.93. The molecule has 2 heterocycles. The highest BCUT2D eigenvalue weighted by molar-refractivity contribution is 7.19. The van der Waals surface area contributed by atoms with Gasteiger partial charge >= 0.3 is 6.18 Å². The van der Waals surface area contributed by atoms with E-state index in [2.05, 4.69) is 46.4 Å². The van der Waals surface area contributed by atoms with Gasteiger partial charge in [-0.2, -0.15) is 13.2 Å². The minimum absolute atomic E-state index is 0.241.